The van der Waals surface area contributed by atoms with Gasteiger partial charge in [-0.2, -0.15) is 0 Å². The van der Waals surface area contributed by atoms with Crippen molar-refractivity contribution in [1.29, 1.82) is 0 Å². The summed E-state index contributed by atoms with van der Waals surface area (Å²) in [6, 6.07) is 70.9. The van der Waals surface area contributed by atoms with Gasteiger partial charge in [0.2, 0.25) is 0 Å². The molecular formula is C96H108MoO12P6S12-6. The topological polar surface area (TPSA) is 111 Å². The van der Waals surface area contributed by atoms with E-state index in [0.717, 1.165) is 66.8 Å². The molecule has 0 aliphatic rings. The van der Waals surface area contributed by atoms with E-state index in [-0.39, 0.29) is 21.1 Å². The van der Waals surface area contributed by atoms with Crippen molar-refractivity contribution in [3.05, 3.63) is 352 Å². The Hall–Kier alpha value is -5.07. The van der Waals surface area contributed by atoms with Gasteiger partial charge >= 0.3 is 0 Å². The van der Waals surface area contributed by atoms with E-state index in [2.05, 4.69) is 0 Å². The van der Waals surface area contributed by atoms with E-state index in [1.165, 1.54) is 66.8 Å². The first-order valence-corrected chi connectivity index (χ1v) is 61.6. The summed E-state index contributed by atoms with van der Waals surface area (Å²) in [5.41, 5.74) is 9.41. The Labute approximate surface area is 832 Å². The Morgan fingerprint density at radius 1 is 0.142 bits per heavy atom. The zero-order valence-corrected chi connectivity index (χ0v) is 92.8. The number of hydrogen-bond acceptors (Lipinski definition) is 24. The normalized spacial score (nSPS) is 11.2. The van der Waals surface area contributed by atoms with Crippen LogP contribution in [-0.4, -0.2) is 0 Å². The molecule has 31 heteroatoms. The van der Waals surface area contributed by atoms with Gasteiger partial charge in [0.25, 0.3) is 0 Å². The zero-order chi connectivity index (χ0) is 93.7. The van der Waals surface area contributed by atoms with E-state index in [1.807, 2.05) is 385 Å². The van der Waals surface area contributed by atoms with Crippen LogP contribution in [0.25, 0.3) is 0 Å². The van der Waals surface area contributed by atoms with Crippen LogP contribution < -0.4 is 54.3 Å². The molecule has 0 aliphatic carbocycles. The van der Waals surface area contributed by atoms with Gasteiger partial charge in [-0.3, -0.25) is 0 Å². The van der Waals surface area contributed by atoms with Crippen LogP contribution in [0.15, 0.2) is 218 Å². The second-order valence-corrected chi connectivity index (χ2v) is 60.0. The molecule has 0 unspecified atom stereocenters. The molecule has 12 aromatic rings. The average molecular weight is 2120 g/mol. The first kappa shape index (κ1) is 111. The molecule has 0 spiro atoms. The molecule has 12 rings (SSSR count). The SMILES string of the molecule is Cc1ccc(OP(=S)([S-])Oc2ccc(C)cc2C)c(C)c1.Cc1ccc(OP(=S)([S-])Oc2ccc(C)cc2C)c(C)c1.Cc1ccc(OP(=S)([S-])Oc2ccc(C)cc2C)c(C)c1.Cc1ccc(OP(=S)([S-])Oc2ccc(C)cc2C)c(C)c1.Cc1ccc(OP(=S)([S-])Oc2ccc(C)cc2C)c(C)c1.Cc1ccc(OP(=S)([S-])Oc2ccc(C)cc2C)c(C)c1.[Mo]. The molecule has 0 amide bonds. The van der Waals surface area contributed by atoms with Crippen LogP contribution in [0.1, 0.15) is 134 Å². The van der Waals surface area contributed by atoms with Crippen molar-refractivity contribution < 1.29 is 75.4 Å². The van der Waals surface area contributed by atoms with E-state index >= 15 is 0 Å². The molecule has 0 aromatic heterocycles. The Bertz CT molecular complexity index is 4900. The van der Waals surface area contributed by atoms with E-state index in [0.29, 0.717) is 69.0 Å². The van der Waals surface area contributed by atoms with Crippen molar-refractivity contribution in [1.82, 2.24) is 0 Å². The van der Waals surface area contributed by atoms with Crippen LogP contribution in [0.3, 0.4) is 0 Å². The maximum atomic E-state index is 5.80. The summed E-state index contributed by atoms with van der Waals surface area (Å²) < 4.78 is 69.5. The third-order valence-corrected chi connectivity index (χ3v) is 28.9. The summed E-state index contributed by atoms with van der Waals surface area (Å²) in [7, 11) is 0. The van der Waals surface area contributed by atoms with E-state index in [4.69, 9.17) is 199 Å². The van der Waals surface area contributed by atoms with Crippen LogP contribution in [0.5, 0.6) is 69.0 Å². The monoisotopic (exact) mass is 2120 g/mol. The van der Waals surface area contributed by atoms with Gasteiger partial charge in [0.1, 0.15) is 69.0 Å². The smallest absolute Gasteiger partial charge is 0.156 e. The van der Waals surface area contributed by atoms with Gasteiger partial charge < -0.3 is 128 Å². The molecule has 0 atom stereocenters. The molecule has 127 heavy (non-hydrogen) atoms. The molecule has 0 bridgehead atoms. The molecule has 0 N–H and O–H groups in total. The predicted octanol–water partition coefficient (Wildman–Crippen LogP) is 30.9. The van der Waals surface area contributed by atoms with Crippen LogP contribution in [0.2, 0.25) is 0 Å². The van der Waals surface area contributed by atoms with Gasteiger partial charge in [0.15, 0.2) is 34.2 Å². The summed E-state index contributed by atoms with van der Waals surface area (Å²) in [4.78, 5) is 0. The molecule has 0 heterocycles. The first-order valence-electron chi connectivity index (χ1n) is 39.7. The van der Waals surface area contributed by atoms with E-state index in [1.54, 1.807) is 0 Å². The minimum Gasteiger partial charge on any atom is -0.665 e. The van der Waals surface area contributed by atoms with Gasteiger partial charge in [0, 0.05) is 21.1 Å². The summed E-state index contributed by atoms with van der Waals surface area (Å²) in [6.45, 7) is 48.1. The Balaban J connectivity index is 0.000000235. The number of rotatable bonds is 24. The van der Waals surface area contributed by atoms with Crippen molar-refractivity contribution in [2.24, 2.45) is 0 Å². The maximum absolute atomic E-state index is 5.80. The van der Waals surface area contributed by atoms with Gasteiger partial charge in [0.05, 0.1) is 0 Å². The zero-order valence-electron chi connectivity index (χ0n) is 75.7. The second-order valence-electron chi connectivity index (χ2n) is 31.0. The van der Waals surface area contributed by atoms with E-state index < -0.39 is 34.2 Å². The molecule has 0 radical (unpaired) electrons. The number of aryl methyl sites for hydroxylation is 24. The molecule has 0 saturated carbocycles. The van der Waals surface area contributed by atoms with Crippen molar-refractivity contribution >= 4 is 178 Å². The van der Waals surface area contributed by atoms with Crippen LogP contribution in [0, 0.1) is 166 Å². The second kappa shape index (κ2) is 49.8. The predicted molar refractivity (Wildman–Crippen MR) is 568 cm³/mol. The molecule has 0 fully saturated rings. The summed E-state index contributed by atoms with van der Waals surface area (Å²) >= 11 is 64.5. The first-order chi connectivity index (χ1) is 58.6. The van der Waals surface area contributed by atoms with Gasteiger partial charge in [-0.25, -0.2) is 0 Å². The summed E-state index contributed by atoms with van der Waals surface area (Å²) in [5, 5.41) is 0. The third-order valence-electron chi connectivity index (χ3n) is 18.5. The Morgan fingerprint density at radius 3 is 0.260 bits per heavy atom. The molecule has 0 saturated heterocycles. The fourth-order valence-corrected chi connectivity index (χ4v) is 23.7. The molecule has 678 valence electrons. The summed E-state index contributed by atoms with van der Waals surface area (Å²) in [5.74, 6) is 8.37. The van der Waals surface area contributed by atoms with Crippen LogP contribution >= 0.6 is 34.2 Å². The average Bonchev–Trinajstić information content (AvgIpc) is 0.847. The van der Waals surface area contributed by atoms with Crippen molar-refractivity contribution in [2.75, 3.05) is 0 Å². The number of benzene rings is 12. The maximum Gasteiger partial charge on any atom is 0.156 e. The molecule has 0 aliphatic heterocycles. The standard InChI is InChI=1S/6C16H19O2PS2.Mo/c6*1-11-5-7-15(13(3)9-11)17-19(20,21)18-16-8-6-12(2)10-14(16)4;/h6*5-10H,1-4H3,(H,20,21);/p-6. The Kier molecular flexibility index (Phi) is 43.4. The minimum absolute atomic E-state index is 0. The molecule has 12 nitrogen and oxygen atoms in total. The van der Waals surface area contributed by atoms with Crippen LogP contribution in [0.4, 0.5) is 0 Å². The fourth-order valence-electron chi connectivity index (χ4n) is 12.4. The van der Waals surface area contributed by atoms with Gasteiger partial charge in [-0.15, -0.1) is 0 Å². The quantitative estimate of drug-likeness (QED) is 0.0325. The largest absolute Gasteiger partial charge is 0.665 e. The number of hydrogen-bond donors (Lipinski definition) is 0. The molecule has 12 aromatic carbocycles. The van der Waals surface area contributed by atoms with Crippen LogP contribution in [-0.2, 0) is 165 Å². The minimum atomic E-state index is -2.80. The van der Waals surface area contributed by atoms with Gasteiger partial charge in [-0.05, 0) is 377 Å². The van der Waals surface area contributed by atoms with Crippen molar-refractivity contribution in [2.45, 2.75) is 166 Å². The summed E-state index contributed by atoms with van der Waals surface area (Å²) in [6.07, 6.45) is 0. The molecular weight excluding hydrogens is 2010 g/mol. The Morgan fingerprint density at radius 2 is 0.205 bits per heavy atom. The van der Waals surface area contributed by atoms with Crippen molar-refractivity contribution in [3.63, 3.8) is 0 Å². The fraction of sp³-hybridized carbons (Fsp3) is 0.250. The van der Waals surface area contributed by atoms with Crippen molar-refractivity contribution in [3.8, 4) is 69.0 Å². The third kappa shape index (κ3) is 38.4. The van der Waals surface area contributed by atoms with Gasteiger partial charge in [-0.1, -0.05) is 212 Å². The van der Waals surface area contributed by atoms with E-state index in [9.17, 15) is 0 Å².